The Kier molecular flexibility index (Phi) is 6.53. The van der Waals surface area contributed by atoms with Gasteiger partial charge in [-0.2, -0.15) is 0 Å². The number of carbonyl (C=O) groups excluding carboxylic acids is 2. The maximum absolute atomic E-state index is 12.5. The summed E-state index contributed by atoms with van der Waals surface area (Å²) in [6.07, 6.45) is 2.42. The van der Waals surface area contributed by atoms with E-state index in [0.717, 1.165) is 12.1 Å². The zero-order chi connectivity index (χ0) is 19.9. The van der Waals surface area contributed by atoms with Gasteiger partial charge < -0.3 is 15.5 Å². The third-order valence-electron chi connectivity index (χ3n) is 4.78. The number of rotatable bonds is 6. The molecule has 3 rings (SSSR count). The van der Waals surface area contributed by atoms with E-state index in [-0.39, 0.29) is 18.0 Å². The van der Waals surface area contributed by atoms with E-state index < -0.39 is 0 Å². The predicted molar refractivity (Wildman–Crippen MR) is 104 cm³/mol. The lowest BCUT2D eigenvalue weighted by molar-refractivity contribution is -0.123. The van der Waals surface area contributed by atoms with Crippen molar-refractivity contribution in [1.82, 2.24) is 35.3 Å². The fourth-order valence-electron chi connectivity index (χ4n) is 2.91. The van der Waals surface area contributed by atoms with E-state index in [1.807, 2.05) is 38.1 Å². The number of piperazine rings is 1. The first-order valence-electron chi connectivity index (χ1n) is 9.46. The van der Waals surface area contributed by atoms with Crippen LogP contribution in [0.1, 0.15) is 20.3 Å². The van der Waals surface area contributed by atoms with E-state index in [0.29, 0.717) is 38.4 Å². The summed E-state index contributed by atoms with van der Waals surface area (Å²) in [4.78, 5) is 28.3. The lowest BCUT2D eigenvalue weighted by atomic mass is 10.2. The average Bonchev–Trinajstić information content (AvgIpc) is 3.23. The van der Waals surface area contributed by atoms with Gasteiger partial charge in [-0.15, -0.1) is 5.10 Å². The van der Waals surface area contributed by atoms with Gasteiger partial charge in [0.15, 0.2) is 0 Å². The highest BCUT2D eigenvalue weighted by atomic mass is 16.2. The molecule has 2 aromatic rings. The lowest BCUT2D eigenvalue weighted by Gasteiger charge is -2.34. The van der Waals surface area contributed by atoms with Crippen molar-refractivity contribution in [3.63, 3.8) is 0 Å². The first kappa shape index (κ1) is 19.7. The summed E-state index contributed by atoms with van der Waals surface area (Å²) in [5.41, 5.74) is 1.52. The lowest BCUT2D eigenvalue weighted by Crippen LogP contribution is -2.52. The van der Waals surface area contributed by atoms with Crippen LogP contribution in [0.15, 0.2) is 30.6 Å². The van der Waals surface area contributed by atoms with E-state index in [9.17, 15) is 9.59 Å². The van der Waals surface area contributed by atoms with Crippen LogP contribution in [-0.4, -0.2) is 80.7 Å². The molecule has 0 saturated carbocycles. The maximum atomic E-state index is 12.5. The molecule has 0 radical (unpaired) electrons. The van der Waals surface area contributed by atoms with Gasteiger partial charge >= 0.3 is 6.03 Å². The number of tetrazole rings is 1. The SMILES string of the molecule is CCC(C)NC(=O)CN1CCN(C(=O)Nc2ccc(-n3cnnn3)cc2)CC1. The Morgan fingerprint density at radius 2 is 1.86 bits per heavy atom. The number of amides is 3. The van der Waals surface area contributed by atoms with Crippen molar-refractivity contribution in [2.45, 2.75) is 26.3 Å². The van der Waals surface area contributed by atoms with Crippen LogP contribution in [0.25, 0.3) is 5.69 Å². The van der Waals surface area contributed by atoms with Gasteiger partial charge in [0.25, 0.3) is 0 Å². The second-order valence-corrected chi connectivity index (χ2v) is 6.87. The largest absolute Gasteiger partial charge is 0.353 e. The second-order valence-electron chi connectivity index (χ2n) is 6.87. The van der Waals surface area contributed by atoms with Crippen molar-refractivity contribution < 1.29 is 9.59 Å². The molecule has 1 saturated heterocycles. The molecule has 1 aromatic carbocycles. The standard InChI is InChI=1S/C18H26N8O2/c1-3-14(2)20-17(27)12-24-8-10-25(11-9-24)18(28)21-15-4-6-16(7-5-15)26-13-19-22-23-26/h4-7,13-14H,3,8-12H2,1-2H3,(H,20,27)(H,21,28). The highest BCUT2D eigenvalue weighted by Crippen LogP contribution is 2.13. The van der Waals surface area contributed by atoms with Crippen LogP contribution in [0.4, 0.5) is 10.5 Å². The quantitative estimate of drug-likeness (QED) is 0.758. The topological polar surface area (TPSA) is 108 Å². The molecule has 2 N–H and O–H groups in total. The Labute approximate surface area is 163 Å². The molecular weight excluding hydrogens is 360 g/mol. The second kappa shape index (κ2) is 9.27. The number of carbonyl (C=O) groups is 2. The van der Waals surface area contributed by atoms with Gasteiger partial charge in [-0.3, -0.25) is 9.69 Å². The smallest absolute Gasteiger partial charge is 0.321 e. The molecule has 28 heavy (non-hydrogen) atoms. The number of nitrogens with one attached hydrogen (secondary N) is 2. The minimum Gasteiger partial charge on any atom is -0.353 e. The van der Waals surface area contributed by atoms with Crippen molar-refractivity contribution in [3.05, 3.63) is 30.6 Å². The number of hydrogen-bond donors (Lipinski definition) is 2. The molecule has 10 heteroatoms. The number of urea groups is 1. The van der Waals surface area contributed by atoms with Gasteiger partial charge in [-0.05, 0) is 48.0 Å². The molecule has 10 nitrogen and oxygen atoms in total. The molecule has 3 amide bonds. The summed E-state index contributed by atoms with van der Waals surface area (Å²) in [6.45, 7) is 6.95. The third-order valence-corrected chi connectivity index (χ3v) is 4.78. The highest BCUT2D eigenvalue weighted by molar-refractivity contribution is 5.89. The van der Waals surface area contributed by atoms with Crippen molar-refractivity contribution in [3.8, 4) is 5.69 Å². The number of aromatic nitrogens is 4. The Hall–Kier alpha value is -3.01. The van der Waals surface area contributed by atoms with Gasteiger partial charge in [-0.1, -0.05) is 6.92 Å². The molecule has 1 aliphatic heterocycles. The zero-order valence-electron chi connectivity index (χ0n) is 16.2. The van der Waals surface area contributed by atoms with Crippen LogP contribution in [0.5, 0.6) is 0 Å². The zero-order valence-corrected chi connectivity index (χ0v) is 16.2. The molecule has 1 aromatic heterocycles. The van der Waals surface area contributed by atoms with E-state index in [2.05, 4.69) is 31.1 Å². The van der Waals surface area contributed by atoms with Crippen LogP contribution in [0, 0.1) is 0 Å². The number of hydrogen-bond acceptors (Lipinski definition) is 6. The summed E-state index contributed by atoms with van der Waals surface area (Å²) in [5, 5.41) is 16.9. The Morgan fingerprint density at radius 1 is 1.14 bits per heavy atom. The summed E-state index contributed by atoms with van der Waals surface area (Å²) in [7, 11) is 0. The normalized spacial score (nSPS) is 15.9. The van der Waals surface area contributed by atoms with Gasteiger partial charge in [0.1, 0.15) is 6.33 Å². The average molecular weight is 386 g/mol. The van der Waals surface area contributed by atoms with E-state index >= 15 is 0 Å². The van der Waals surface area contributed by atoms with E-state index in [1.165, 1.54) is 6.33 Å². The summed E-state index contributed by atoms with van der Waals surface area (Å²) in [6, 6.07) is 7.33. The van der Waals surface area contributed by atoms with E-state index in [4.69, 9.17) is 0 Å². The Balaban J connectivity index is 1.44. The number of anilines is 1. The maximum Gasteiger partial charge on any atom is 0.321 e. The van der Waals surface area contributed by atoms with Crippen LogP contribution >= 0.6 is 0 Å². The summed E-state index contributed by atoms with van der Waals surface area (Å²) < 4.78 is 1.54. The molecule has 1 fully saturated rings. The van der Waals surface area contributed by atoms with Gasteiger partial charge in [-0.25, -0.2) is 9.48 Å². The molecule has 150 valence electrons. The van der Waals surface area contributed by atoms with Crippen molar-refractivity contribution in [1.29, 1.82) is 0 Å². The molecule has 1 unspecified atom stereocenters. The first-order valence-corrected chi connectivity index (χ1v) is 9.46. The number of benzene rings is 1. The molecule has 2 heterocycles. The minimum atomic E-state index is -0.140. The van der Waals surface area contributed by atoms with Crippen molar-refractivity contribution in [2.75, 3.05) is 38.0 Å². The fraction of sp³-hybridized carbons (Fsp3) is 0.500. The monoisotopic (exact) mass is 386 g/mol. The summed E-state index contributed by atoms with van der Waals surface area (Å²) >= 11 is 0. The van der Waals surface area contributed by atoms with Gasteiger partial charge in [0.2, 0.25) is 5.91 Å². The Morgan fingerprint density at radius 3 is 2.46 bits per heavy atom. The third kappa shape index (κ3) is 5.26. The van der Waals surface area contributed by atoms with Crippen molar-refractivity contribution >= 4 is 17.6 Å². The van der Waals surface area contributed by atoms with Crippen LogP contribution in [0.3, 0.4) is 0 Å². The van der Waals surface area contributed by atoms with Crippen LogP contribution < -0.4 is 10.6 Å². The first-order chi connectivity index (χ1) is 13.5. The molecule has 0 aliphatic carbocycles. The number of nitrogens with zero attached hydrogens (tertiary/aromatic N) is 6. The Bertz CT molecular complexity index is 769. The van der Waals surface area contributed by atoms with Crippen LogP contribution in [0.2, 0.25) is 0 Å². The van der Waals surface area contributed by atoms with Gasteiger partial charge in [0.05, 0.1) is 12.2 Å². The minimum absolute atomic E-state index is 0.0370. The fourth-order valence-corrected chi connectivity index (χ4v) is 2.91. The van der Waals surface area contributed by atoms with Gasteiger partial charge in [0, 0.05) is 37.9 Å². The van der Waals surface area contributed by atoms with Crippen LogP contribution in [-0.2, 0) is 4.79 Å². The predicted octanol–water partition coefficient (Wildman–Crippen LogP) is 0.727. The summed E-state index contributed by atoms with van der Waals surface area (Å²) in [5.74, 6) is 0.0370. The molecule has 0 spiro atoms. The molecule has 0 bridgehead atoms. The highest BCUT2D eigenvalue weighted by Gasteiger charge is 2.22. The molecular formula is C18H26N8O2. The molecule has 1 atom stereocenters. The van der Waals surface area contributed by atoms with Crippen molar-refractivity contribution in [2.24, 2.45) is 0 Å². The van der Waals surface area contributed by atoms with E-state index in [1.54, 1.807) is 9.58 Å². The molecule has 1 aliphatic rings.